The van der Waals surface area contributed by atoms with E-state index >= 15 is 0 Å². The second-order valence-corrected chi connectivity index (χ2v) is 6.64. The van der Waals surface area contributed by atoms with Crippen LogP contribution in [-0.4, -0.2) is 15.8 Å². The molecule has 1 N–H and O–H groups in total. The van der Waals surface area contributed by atoms with Crippen molar-refractivity contribution in [2.24, 2.45) is 0 Å². The van der Waals surface area contributed by atoms with E-state index in [-0.39, 0.29) is 4.90 Å². The lowest BCUT2D eigenvalue weighted by Crippen LogP contribution is -2.27. The van der Waals surface area contributed by atoms with Crippen LogP contribution in [0.5, 0.6) is 0 Å². The Morgan fingerprint density at radius 3 is 2.33 bits per heavy atom. The van der Waals surface area contributed by atoms with Gasteiger partial charge in [-0.3, -0.25) is 4.79 Å². The maximum Gasteiger partial charge on any atom is 0.417 e. The van der Waals surface area contributed by atoms with Crippen LogP contribution < -0.4 is 0 Å². The van der Waals surface area contributed by atoms with E-state index in [2.05, 4.69) is 15.9 Å². The first-order chi connectivity index (χ1) is 8.04. The molecule has 18 heavy (non-hydrogen) atoms. The molecule has 1 aromatic rings. The van der Waals surface area contributed by atoms with Crippen molar-refractivity contribution in [2.45, 2.75) is 29.7 Å². The van der Waals surface area contributed by atoms with Gasteiger partial charge in [0.15, 0.2) is 0 Å². The first-order valence-corrected chi connectivity index (χ1v) is 6.44. The lowest BCUT2D eigenvalue weighted by molar-refractivity contribution is -0.141. The monoisotopic (exact) mass is 342 g/mol. The molecule has 1 aromatic carbocycles. The average Bonchev–Trinajstić information content (AvgIpc) is 2.18. The number of benzene rings is 1. The largest absolute Gasteiger partial charge is 0.480 e. The summed E-state index contributed by atoms with van der Waals surface area (Å²) in [5.74, 6) is -1.16. The maximum atomic E-state index is 12.8. The van der Waals surface area contributed by atoms with E-state index in [0.29, 0.717) is 16.2 Å². The number of aliphatic carboxylic acids is 1. The van der Waals surface area contributed by atoms with Crippen molar-refractivity contribution >= 4 is 33.7 Å². The van der Waals surface area contributed by atoms with Gasteiger partial charge in [-0.1, -0.05) is 15.9 Å². The Hall–Kier alpha value is -0.690. The van der Waals surface area contributed by atoms with Crippen LogP contribution in [0.2, 0.25) is 0 Å². The Labute approximate surface area is 115 Å². The van der Waals surface area contributed by atoms with Crippen molar-refractivity contribution in [3.05, 3.63) is 28.2 Å². The molecule has 0 aromatic heterocycles. The van der Waals surface area contributed by atoms with Crippen molar-refractivity contribution in [2.75, 3.05) is 0 Å². The Kier molecular flexibility index (Phi) is 4.38. The summed E-state index contributed by atoms with van der Waals surface area (Å²) < 4.78 is 37.4. The predicted octanol–water partition coefficient (Wildman–Crippen LogP) is 4.42. The van der Waals surface area contributed by atoms with Crippen LogP contribution in [0.3, 0.4) is 0 Å². The average molecular weight is 343 g/mol. The molecular weight excluding hydrogens is 333 g/mol. The fourth-order valence-electron chi connectivity index (χ4n) is 1.13. The highest BCUT2D eigenvalue weighted by Gasteiger charge is 2.37. The summed E-state index contributed by atoms with van der Waals surface area (Å²) in [6, 6.07) is 3.66. The van der Waals surface area contributed by atoms with Crippen molar-refractivity contribution < 1.29 is 23.1 Å². The molecule has 0 atom stereocenters. The third kappa shape index (κ3) is 3.65. The van der Waals surface area contributed by atoms with Gasteiger partial charge >= 0.3 is 12.1 Å². The summed E-state index contributed by atoms with van der Waals surface area (Å²) in [7, 11) is 0. The van der Waals surface area contributed by atoms with E-state index in [9.17, 15) is 18.0 Å². The minimum atomic E-state index is -4.51. The molecule has 100 valence electrons. The molecule has 0 fully saturated rings. The normalized spacial score (nSPS) is 12.6. The third-order valence-corrected chi connectivity index (χ3v) is 3.88. The summed E-state index contributed by atoms with van der Waals surface area (Å²) in [6.45, 7) is 2.73. The van der Waals surface area contributed by atoms with Crippen LogP contribution in [0.25, 0.3) is 0 Å². The van der Waals surface area contributed by atoms with Crippen LogP contribution in [0.1, 0.15) is 19.4 Å². The zero-order valence-corrected chi connectivity index (χ0v) is 11.9. The number of carbonyl (C=O) groups is 1. The highest BCUT2D eigenvalue weighted by atomic mass is 79.9. The molecule has 0 unspecified atom stereocenters. The molecule has 0 heterocycles. The van der Waals surface area contributed by atoms with Gasteiger partial charge in [0, 0.05) is 9.37 Å². The standard InChI is InChI=1S/C11H10BrF3O2S/c1-10(2,9(16)17)18-8-4-3-6(12)5-7(8)11(13,14)15/h3-5H,1-2H3,(H,16,17). The summed E-state index contributed by atoms with van der Waals surface area (Å²) in [4.78, 5) is 10.8. The molecular formula is C11H10BrF3O2S. The molecule has 0 saturated carbocycles. The molecule has 0 aliphatic heterocycles. The second-order valence-electron chi connectivity index (χ2n) is 4.06. The van der Waals surface area contributed by atoms with Crippen molar-refractivity contribution in [3.8, 4) is 0 Å². The molecule has 0 spiro atoms. The fraction of sp³-hybridized carbons (Fsp3) is 0.364. The number of halogens is 4. The number of alkyl halides is 3. The molecule has 0 radical (unpaired) electrons. The smallest absolute Gasteiger partial charge is 0.417 e. The summed E-state index contributed by atoms with van der Waals surface area (Å²) in [6.07, 6.45) is -4.51. The van der Waals surface area contributed by atoms with Gasteiger partial charge in [0.2, 0.25) is 0 Å². The molecule has 0 amide bonds. The van der Waals surface area contributed by atoms with Crippen molar-refractivity contribution in [1.29, 1.82) is 0 Å². The second kappa shape index (κ2) is 5.13. The Balaban J connectivity index is 3.22. The lowest BCUT2D eigenvalue weighted by atomic mass is 10.2. The number of carboxylic acid groups (broad SMARTS) is 1. The van der Waals surface area contributed by atoms with Gasteiger partial charge in [0.1, 0.15) is 4.75 Å². The SMILES string of the molecule is CC(C)(Sc1ccc(Br)cc1C(F)(F)F)C(=O)O. The van der Waals surface area contributed by atoms with E-state index in [1.807, 2.05) is 0 Å². The van der Waals surface area contributed by atoms with E-state index in [4.69, 9.17) is 5.11 Å². The minimum Gasteiger partial charge on any atom is -0.480 e. The zero-order valence-electron chi connectivity index (χ0n) is 9.51. The number of thioether (sulfide) groups is 1. The Bertz CT molecular complexity index is 472. The highest BCUT2D eigenvalue weighted by molar-refractivity contribution is 9.10. The van der Waals surface area contributed by atoms with Crippen molar-refractivity contribution in [1.82, 2.24) is 0 Å². The highest BCUT2D eigenvalue weighted by Crippen LogP contribution is 2.42. The minimum absolute atomic E-state index is 0.0990. The van der Waals surface area contributed by atoms with Gasteiger partial charge in [0.25, 0.3) is 0 Å². The van der Waals surface area contributed by atoms with Gasteiger partial charge in [-0.2, -0.15) is 13.2 Å². The topological polar surface area (TPSA) is 37.3 Å². The first kappa shape index (κ1) is 15.4. The number of hydrogen-bond acceptors (Lipinski definition) is 2. The summed E-state index contributed by atoms with van der Waals surface area (Å²) in [5.41, 5.74) is -0.837. The first-order valence-electron chi connectivity index (χ1n) is 4.83. The van der Waals surface area contributed by atoms with Crippen LogP contribution in [0.4, 0.5) is 13.2 Å². The van der Waals surface area contributed by atoms with E-state index in [0.717, 1.165) is 6.07 Å². The van der Waals surface area contributed by atoms with Crippen LogP contribution in [0, 0.1) is 0 Å². The van der Waals surface area contributed by atoms with Gasteiger partial charge < -0.3 is 5.11 Å². The van der Waals surface area contributed by atoms with Gasteiger partial charge in [-0.05, 0) is 32.0 Å². The van der Waals surface area contributed by atoms with Gasteiger partial charge in [-0.15, -0.1) is 11.8 Å². The maximum absolute atomic E-state index is 12.8. The van der Waals surface area contributed by atoms with E-state index < -0.39 is 22.5 Å². The molecule has 2 nitrogen and oxygen atoms in total. The quantitative estimate of drug-likeness (QED) is 0.826. The lowest BCUT2D eigenvalue weighted by Gasteiger charge is -2.21. The summed E-state index contributed by atoms with van der Waals surface area (Å²) in [5, 5.41) is 8.94. The van der Waals surface area contributed by atoms with Gasteiger partial charge in [-0.25, -0.2) is 0 Å². The Morgan fingerprint density at radius 2 is 1.89 bits per heavy atom. The molecule has 0 aliphatic carbocycles. The molecule has 0 saturated heterocycles. The van der Waals surface area contributed by atoms with Gasteiger partial charge in [0.05, 0.1) is 5.56 Å². The number of rotatable bonds is 3. The van der Waals surface area contributed by atoms with E-state index in [1.54, 1.807) is 0 Å². The van der Waals surface area contributed by atoms with Crippen LogP contribution >= 0.6 is 27.7 Å². The molecule has 1 rings (SSSR count). The number of carboxylic acids is 1. The van der Waals surface area contributed by atoms with Crippen LogP contribution in [-0.2, 0) is 11.0 Å². The van der Waals surface area contributed by atoms with E-state index in [1.165, 1.54) is 26.0 Å². The van der Waals surface area contributed by atoms with Crippen LogP contribution in [0.15, 0.2) is 27.6 Å². The predicted molar refractivity (Wildman–Crippen MR) is 66.7 cm³/mol. The molecule has 0 bridgehead atoms. The van der Waals surface area contributed by atoms with Crippen molar-refractivity contribution in [3.63, 3.8) is 0 Å². The Morgan fingerprint density at radius 1 is 1.33 bits per heavy atom. The summed E-state index contributed by atoms with van der Waals surface area (Å²) >= 11 is 3.65. The number of hydrogen-bond donors (Lipinski definition) is 1. The molecule has 7 heteroatoms. The zero-order chi connectivity index (χ0) is 14.1. The fourth-order valence-corrected chi connectivity index (χ4v) is 2.55. The molecule has 0 aliphatic rings. The third-order valence-electron chi connectivity index (χ3n) is 2.13.